The van der Waals surface area contributed by atoms with Gasteiger partial charge in [-0.3, -0.25) is 4.79 Å². The topological polar surface area (TPSA) is 91.9 Å². The van der Waals surface area contributed by atoms with Crippen LogP contribution >= 0.6 is 11.6 Å². The minimum atomic E-state index is -0.149. The standard InChI is InChI=1S/C29H35ClN6O3/c1-5-36-24-9-6-19(16-21(24)29(2,3)11-10-26(36)37)32-28-31-18-22(30)27(34-28)33-23-8-7-20(17-25(23)38-4)35-12-14-39-15-13-35/h6-9,16-18H,5,10-15H2,1-4H3,(H2,31,32,33,34). The number of hydrogen-bond acceptors (Lipinski definition) is 8. The second-order valence-corrected chi connectivity index (χ2v) is 10.8. The molecular formula is C29H35ClN6O3. The zero-order chi connectivity index (χ0) is 27.6. The minimum absolute atomic E-state index is 0.149. The molecule has 0 radical (unpaired) electrons. The lowest BCUT2D eigenvalue weighted by atomic mass is 9.80. The van der Waals surface area contributed by atoms with Gasteiger partial charge in [-0.2, -0.15) is 4.98 Å². The summed E-state index contributed by atoms with van der Waals surface area (Å²) < 4.78 is 11.1. The molecule has 0 aliphatic carbocycles. The van der Waals surface area contributed by atoms with Gasteiger partial charge in [0.15, 0.2) is 5.82 Å². The first kappa shape index (κ1) is 27.0. The molecule has 2 aromatic carbocycles. The molecule has 0 spiro atoms. The lowest BCUT2D eigenvalue weighted by Crippen LogP contribution is -2.36. The van der Waals surface area contributed by atoms with Crippen molar-refractivity contribution in [1.82, 2.24) is 9.97 Å². The lowest BCUT2D eigenvalue weighted by Gasteiger charge is -2.29. The number of morpholine rings is 1. The van der Waals surface area contributed by atoms with Crippen molar-refractivity contribution in [3.8, 4) is 5.75 Å². The molecule has 9 nitrogen and oxygen atoms in total. The van der Waals surface area contributed by atoms with Crippen LogP contribution in [0, 0.1) is 0 Å². The molecule has 5 rings (SSSR count). The zero-order valence-electron chi connectivity index (χ0n) is 22.9. The van der Waals surface area contributed by atoms with Crippen molar-refractivity contribution < 1.29 is 14.3 Å². The number of nitrogens with zero attached hydrogens (tertiary/aromatic N) is 4. The van der Waals surface area contributed by atoms with Gasteiger partial charge in [0.05, 0.1) is 32.2 Å². The Morgan fingerprint density at radius 1 is 1.13 bits per heavy atom. The second-order valence-electron chi connectivity index (χ2n) is 10.4. The lowest BCUT2D eigenvalue weighted by molar-refractivity contribution is -0.118. The van der Waals surface area contributed by atoms with Crippen molar-refractivity contribution in [1.29, 1.82) is 0 Å². The van der Waals surface area contributed by atoms with E-state index in [9.17, 15) is 4.79 Å². The van der Waals surface area contributed by atoms with Crippen molar-refractivity contribution in [2.45, 2.75) is 39.0 Å². The highest BCUT2D eigenvalue weighted by Gasteiger charge is 2.32. The Bertz CT molecular complexity index is 1360. The van der Waals surface area contributed by atoms with Crippen LogP contribution in [0.25, 0.3) is 0 Å². The summed E-state index contributed by atoms with van der Waals surface area (Å²) >= 11 is 6.48. The highest BCUT2D eigenvalue weighted by Crippen LogP contribution is 2.41. The van der Waals surface area contributed by atoms with E-state index < -0.39 is 0 Å². The molecule has 2 N–H and O–H groups in total. The van der Waals surface area contributed by atoms with Gasteiger partial charge in [0.2, 0.25) is 11.9 Å². The molecule has 1 saturated heterocycles. The van der Waals surface area contributed by atoms with Crippen molar-refractivity contribution in [3.63, 3.8) is 0 Å². The molecule has 206 valence electrons. The van der Waals surface area contributed by atoms with Crippen LogP contribution in [-0.2, 0) is 14.9 Å². The van der Waals surface area contributed by atoms with Gasteiger partial charge < -0.3 is 29.9 Å². The minimum Gasteiger partial charge on any atom is -0.494 e. The maximum absolute atomic E-state index is 12.7. The molecule has 0 atom stereocenters. The van der Waals surface area contributed by atoms with Crippen molar-refractivity contribution in [2.24, 2.45) is 0 Å². The van der Waals surface area contributed by atoms with Gasteiger partial charge in [-0.1, -0.05) is 25.4 Å². The monoisotopic (exact) mass is 550 g/mol. The number of hydrogen-bond donors (Lipinski definition) is 2. The Hall–Kier alpha value is -3.56. The van der Waals surface area contributed by atoms with Crippen molar-refractivity contribution in [2.75, 3.05) is 60.4 Å². The van der Waals surface area contributed by atoms with Crippen molar-refractivity contribution >= 4 is 52.0 Å². The van der Waals surface area contributed by atoms with Gasteiger partial charge in [-0.15, -0.1) is 0 Å². The van der Waals surface area contributed by atoms with E-state index in [1.807, 2.05) is 42.2 Å². The summed E-state index contributed by atoms with van der Waals surface area (Å²) in [4.78, 5) is 25.9. The fourth-order valence-electron chi connectivity index (χ4n) is 5.13. The van der Waals surface area contributed by atoms with Crippen LogP contribution in [-0.4, -0.2) is 55.8 Å². The zero-order valence-corrected chi connectivity index (χ0v) is 23.6. The smallest absolute Gasteiger partial charge is 0.229 e. The molecule has 1 amide bonds. The molecule has 2 aliphatic rings. The number of aromatic nitrogens is 2. The largest absolute Gasteiger partial charge is 0.494 e. The van der Waals surface area contributed by atoms with Crippen LogP contribution < -0.4 is 25.2 Å². The summed E-state index contributed by atoms with van der Waals surface area (Å²) in [5.41, 5.74) is 4.60. The van der Waals surface area contributed by atoms with Gasteiger partial charge in [-0.05, 0) is 54.7 Å². The third-order valence-electron chi connectivity index (χ3n) is 7.41. The second kappa shape index (κ2) is 11.3. The summed E-state index contributed by atoms with van der Waals surface area (Å²) in [6.07, 6.45) is 2.89. The quantitative estimate of drug-likeness (QED) is 0.376. The fourth-order valence-corrected chi connectivity index (χ4v) is 5.27. The summed E-state index contributed by atoms with van der Waals surface area (Å²) in [5.74, 6) is 1.71. The normalized spacial score (nSPS) is 16.9. The molecule has 0 bridgehead atoms. The molecule has 0 saturated carbocycles. The maximum Gasteiger partial charge on any atom is 0.229 e. The number of ether oxygens (including phenoxy) is 2. The van der Waals surface area contributed by atoms with Crippen LogP contribution in [0.3, 0.4) is 0 Å². The van der Waals surface area contributed by atoms with Gasteiger partial charge in [0.1, 0.15) is 10.8 Å². The third-order valence-corrected chi connectivity index (χ3v) is 7.69. The first-order chi connectivity index (χ1) is 18.8. The van der Waals surface area contributed by atoms with E-state index >= 15 is 0 Å². The molecular weight excluding hydrogens is 516 g/mol. The fraction of sp³-hybridized carbons (Fsp3) is 0.414. The highest BCUT2D eigenvalue weighted by atomic mass is 35.5. The number of carbonyl (C=O) groups is 1. The number of carbonyl (C=O) groups excluding carboxylic acids is 1. The number of rotatable bonds is 7. The van der Waals surface area contributed by atoms with E-state index in [1.165, 1.54) is 0 Å². The molecule has 2 aliphatic heterocycles. The third kappa shape index (κ3) is 5.74. The van der Waals surface area contributed by atoms with Crippen LogP contribution in [0.5, 0.6) is 5.75 Å². The van der Waals surface area contributed by atoms with E-state index in [0.29, 0.717) is 48.7 Å². The van der Waals surface area contributed by atoms with Gasteiger partial charge in [-0.25, -0.2) is 4.98 Å². The number of anilines is 6. The van der Waals surface area contributed by atoms with Crippen LogP contribution in [0.1, 0.15) is 39.2 Å². The molecule has 0 unspecified atom stereocenters. The molecule has 1 fully saturated rings. The van der Waals surface area contributed by atoms with Crippen LogP contribution in [0.15, 0.2) is 42.6 Å². The number of nitrogens with one attached hydrogen (secondary N) is 2. The van der Waals surface area contributed by atoms with Gasteiger partial charge >= 0.3 is 0 Å². The SMILES string of the molecule is CCN1C(=O)CCC(C)(C)c2cc(Nc3ncc(Cl)c(Nc4ccc(N5CCOCC5)cc4OC)n3)ccc21. The van der Waals surface area contributed by atoms with Gasteiger partial charge in [0, 0.05) is 49.2 Å². The van der Waals surface area contributed by atoms with Gasteiger partial charge in [0.25, 0.3) is 0 Å². The Morgan fingerprint density at radius 3 is 2.67 bits per heavy atom. The number of benzene rings is 2. The average Bonchev–Trinajstić information content (AvgIpc) is 3.04. The molecule has 39 heavy (non-hydrogen) atoms. The molecule has 3 aromatic rings. The summed E-state index contributed by atoms with van der Waals surface area (Å²) in [6.45, 7) is 10.1. The van der Waals surface area contributed by atoms with E-state index in [-0.39, 0.29) is 11.3 Å². The Kier molecular flexibility index (Phi) is 7.81. The number of fused-ring (bicyclic) bond motifs is 1. The predicted molar refractivity (Wildman–Crippen MR) is 156 cm³/mol. The Labute approximate surface area is 234 Å². The number of amides is 1. The van der Waals surface area contributed by atoms with Crippen LogP contribution in [0.4, 0.5) is 34.5 Å². The van der Waals surface area contributed by atoms with Crippen LogP contribution in [0.2, 0.25) is 5.02 Å². The van der Waals surface area contributed by atoms with E-state index in [4.69, 9.17) is 21.1 Å². The summed E-state index contributed by atoms with van der Waals surface area (Å²) in [5, 5.41) is 7.01. The first-order valence-electron chi connectivity index (χ1n) is 13.3. The first-order valence-corrected chi connectivity index (χ1v) is 13.7. The Morgan fingerprint density at radius 2 is 1.92 bits per heavy atom. The number of methoxy groups -OCH3 is 1. The maximum atomic E-state index is 12.7. The van der Waals surface area contributed by atoms with Crippen molar-refractivity contribution in [3.05, 3.63) is 53.2 Å². The summed E-state index contributed by atoms with van der Waals surface area (Å²) in [7, 11) is 1.64. The predicted octanol–water partition coefficient (Wildman–Crippen LogP) is 5.89. The average molecular weight is 551 g/mol. The van der Waals surface area contributed by atoms with E-state index in [0.717, 1.165) is 47.8 Å². The molecule has 3 heterocycles. The Balaban J connectivity index is 1.39. The highest BCUT2D eigenvalue weighted by molar-refractivity contribution is 6.33. The molecule has 1 aromatic heterocycles. The van der Waals surface area contributed by atoms with E-state index in [1.54, 1.807) is 13.3 Å². The number of halogens is 1. The summed E-state index contributed by atoms with van der Waals surface area (Å²) in [6, 6.07) is 12.1. The van der Waals surface area contributed by atoms with E-state index in [2.05, 4.69) is 45.4 Å². The molecule has 10 heteroatoms.